The second-order valence-corrected chi connectivity index (χ2v) is 5.16. The largest absolute Gasteiger partial charge is 0.397 e. The molecule has 0 saturated heterocycles. The monoisotopic (exact) mass is 242 g/mol. The molecule has 1 aromatic carbocycles. The Kier molecular flexibility index (Phi) is 4.44. The Labute approximate surface area is 102 Å². The highest BCUT2D eigenvalue weighted by Gasteiger charge is 2.17. The van der Waals surface area contributed by atoms with E-state index in [1.54, 1.807) is 12.1 Å². The molecular formula is C12H19ClN2O. The van der Waals surface area contributed by atoms with Crippen molar-refractivity contribution in [2.45, 2.75) is 20.3 Å². The number of nitrogens with two attached hydrogens (primary N) is 1. The first kappa shape index (κ1) is 13.1. The molecule has 0 radical (unpaired) electrons. The zero-order valence-electron chi connectivity index (χ0n) is 9.76. The number of hydrogen-bond donors (Lipinski definition) is 3. The second kappa shape index (κ2) is 5.41. The van der Waals surface area contributed by atoms with Gasteiger partial charge in [0.15, 0.2) is 0 Å². The summed E-state index contributed by atoms with van der Waals surface area (Å²) < 4.78 is 0. The number of anilines is 2. The van der Waals surface area contributed by atoms with Crippen LogP contribution in [0.4, 0.5) is 11.4 Å². The van der Waals surface area contributed by atoms with Crippen LogP contribution in [-0.2, 0) is 0 Å². The molecule has 0 spiro atoms. The summed E-state index contributed by atoms with van der Waals surface area (Å²) in [6.45, 7) is 5.13. The zero-order chi connectivity index (χ0) is 12.2. The van der Waals surface area contributed by atoms with Crippen LogP contribution in [0.15, 0.2) is 18.2 Å². The molecule has 0 atom stereocenters. The van der Waals surface area contributed by atoms with Crippen LogP contribution in [-0.4, -0.2) is 18.3 Å². The number of nitrogen functional groups attached to an aromatic ring is 1. The Morgan fingerprint density at radius 2 is 2.12 bits per heavy atom. The Balaban J connectivity index is 2.63. The molecule has 16 heavy (non-hydrogen) atoms. The molecule has 0 heterocycles. The minimum Gasteiger partial charge on any atom is -0.397 e. The van der Waals surface area contributed by atoms with E-state index in [-0.39, 0.29) is 12.0 Å². The molecule has 1 aromatic rings. The average Bonchev–Trinajstić information content (AvgIpc) is 2.19. The summed E-state index contributed by atoms with van der Waals surface area (Å²) in [6.07, 6.45) is 0.750. The minimum atomic E-state index is 0.0313. The molecule has 0 saturated carbocycles. The van der Waals surface area contributed by atoms with Gasteiger partial charge in [-0.25, -0.2) is 0 Å². The van der Waals surface area contributed by atoms with Crippen molar-refractivity contribution in [3.63, 3.8) is 0 Å². The maximum Gasteiger partial charge on any atom is 0.0589 e. The third-order valence-electron chi connectivity index (χ3n) is 2.56. The molecule has 0 aliphatic rings. The first-order valence-electron chi connectivity index (χ1n) is 5.34. The van der Waals surface area contributed by atoms with Crippen molar-refractivity contribution in [3.05, 3.63) is 23.2 Å². The summed E-state index contributed by atoms with van der Waals surface area (Å²) in [5.41, 5.74) is 7.38. The maximum atomic E-state index is 8.92. The number of nitrogens with one attached hydrogen (secondary N) is 1. The SMILES string of the molecule is CC(C)(CCO)CNc1cc(Cl)ccc1N. The predicted octanol–water partition coefficient (Wildman–Crippen LogP) is 2.74. The first-order chi connectivity index (χ1) is 7.44. The van der Waals surface area contributed by atoms with E-state index >= 15 is 0 Å². The average molecular weight is 243 g/mol. The van der Waals surface area contributed by atoms with Gasteiger partial charge in [0.1, 0.15) is 0 Å². The van der Waals surface area contributed by atoms with Gasteiger partial charge in [0, 0.05) is 18.2 Å². The lowest BCUT2D eigenvalue weighted by Gasteiger charge is -2.25. The second-order valence-electron chi connectivity index (χ2n) is 4.72. The molecule has 4 heteroatoms. The molecule has 0 amide bonds. The molecule has 90 valence electrons. The number of halogens is 1. The van der Waals surface area contributed by atoms with E-state index in [9.17, 15) is 0 Å². The molecule has 0 fully saturated rings. The van der Waals surface area contributed by atoms with Gasteiger partial charge in [-0.1, -0.05) is 25.4 Å². The first-order valence-corrected chi connectivity index (χ1v) is 5.72. The van der Waals surface area contributed by atoms with Crippen LogP contribution in [0.2, 0.25) is 5.02 Å². The van der Waals surface area contributed by atoms with E-state index in [1.807, 2.05) is 6.07 Å². The number of hydrogen-bond acceptors (Lipinski definition) is 3. The van der Waals surface area contributed by atoms with E-state index in [2.05, 4.69) is 19.2 Å². The molecule has 0 aliphatic carbocycles. The Hall–Kier alpha value is -0.930. The van der Waals surface area contributed by atoms with Gasteiger partial charge < -0.3 is 16.2 Å². The molecular weight excluding hydrogens is 224 g/mol. The normalized spacial score (nSPS) is 11.5. The third-order valence-corrected chi connectivity index (χ3v) is 2.80. The van der Waals surface area contributed by atoms with Gasteiger partial charge in [-0.3, -0.25) is 0 Å². The van der Waals surface area contributed by atoms with Crippen molar-refractivity contribution in [1.29, 1.82) is 0 Å². The zero-order valence-corrected chi connectivity index (χ0v) is 10.5. The highest BCUT2D eigenvalue weighted by atomic mass is 35.5. The van der Waals surface area contributed by atoms with Crippen LogP contribution >= 0.6 is 11.6 Å². The summed E-state index contributed by atoms with van der Waals surface area (Å²) >= 11 is 5.89. The van der Waals surface area contributed by atoms with Gasteiger partial charge in [-0.2, -0.15) is 0 Å². The van der Waals surface area contributed by atoms with Crippen molar-refractivity contribution in [2.24, 2.45) is 5.41 Å². The lowest BCUT2D eigenvalue weighted by Crippen LogP contribution is -2.24. The lowest BCUT2D eigenvalue weighted by molar-refractivity contribution is 0.220. The minimum absolute atomic E-state index is 0.0313. The van der Waals surface area contributed by atoms with Crippen molar-refractivity contribution in [2.75, 3.05) is 24.2 Å². The maximum absolute atomic E-state index is 8.92. The summed E-state index contributed by atoms with van der Waals surface area (Å²) in [7, 11) is 0. The van der Waals surface area contributed by atoms with E-state index in [1.165, 1.54) is 0 Å². The fourth-order valence-electron chi connectivity index (χ4n) is 1.41. The topological polar surface area (TPSA) is 58.3 Å². The van der Waals surface area contributed by atoms with Gasteiger partial charge in [-0.05, 0) is 30.0 Å². The Bertz CT molecular complexity index is 353. The molecule has 0 aromatic heterocycles. The van der Waals surface area contributed by atoms with Crippen molar-refractivity contribution in [1.82, 2.24) is 0 Å². The van der Waals surface area contributed by atoms with Crippen LogP contribution < -0.4 is 11.1 Å². The smallest absolute Gasteiger partial charge is 0.0589 e. The number of aliphatic hydroxyl groups is 1. The van der Waals surface area contributed by atoms with Gasteiger partial charge in [0.2, 0.25) is 0 Å². The summed E-state index contributed by atoms with van der Waals surface area (Å²) in [6, 6.07) is 5.36. The van der Waals surface area contributed by atoms with E-state index < -0.39 is 0 Å². The highest BCUT2D eigenvalue weighted by Crippen LogP contribution is 2.26. The fourth-order valence-corrected chi connectivity index (χ4v) is 1.58. The van der Waals surface area contributed by atoms with Crippen LogP contribution in [0.25, 0.3) is 0 Å². The van der Waals surface area contributed by atoms with Crippen molar-refractivity contribution in [3.8, 4) is 0 Å². The lowest BCUT2D eigenvalue weighted by atomic mass is 9.89. The van der Waals surface area contributed by atoms with E-state index in [4.69, 9.17) is 22.4 Å². The summed E-state index contributed by atoms with van der Waals surface area (Å²) in [5.74, 6) is 0. The third kappa shape index (κ3) is 3.91. The Morgan fingerprint density at radius 1 is 1.44 bits per heavy atom. The number of rotatable bonds is 5. The van der Waals surface area contributed by atoms with Crippen molar-refractivity contribution < 1.29 is 5.11 Å². The number of benzene rings is 1. The predicted molar refractivity (Wildman–Crippen MR) is 69.8 cm³/mol. The van der Waals surface area contributed by atoms with Gasteiger partial charge in [-0.15, -0.1) is 0 Å². The highest BCUT2D eigenvalue weighted by molar-refractivity contribution is 6.31. The fraction of sp³-hybridized carbons (Fsp3) is 0.500. The quantitative estimate of drug-likeness (QED) is 0.696. The Morgan fingerprint density at radius 3 is 2.75 bits per heavy atom. The van der Waals surface area contributed by atoms with Crippen molar-refractivity contribution >= 4 is 23.0 Å². The van der Waals surface area contributed by atoms with Gasteiger partial charge in [0.25, 0.3) is 0 Å². The van der Waals surface area contributed by atoms with E-state index in [0.717, 1.165) is 18.7 Å². The standard InChI is InChI=1S/C12H19ClN2O/c1-12(2,5-6-16)8-15-11-7-9(13)3-4-10(11)14/h3-4,7,15-16H,5-6,8,14H2,1-2H3. The van der Waals surface area contributed by atoms with Crippen LogP contribution in [0.1, 0.15) is 20.3 Å². The molecule has 1 rings (SSSR count). The van der Waals surface area contributed by atoms with Gasteiger partial charge >= 0.3 is 0 Å². The van der Waals surface area contributed by atoms with E-state index in [0.29, 0.717) is 10.7 Å². The van der Waals surface area contributed by atoms with Crippen LogP contribution in [0.3, 0.4) is 0 Å². The summed E-state index contributed by atoms with van der Waals surface area (Å²) in [5, 5.41) is 12.8. The molecule has 3 nitrogen and oxygen atoms in total. The van der Waals surface area contributed by atoms with Gasteiger partial charge in [0.05, 0.1) is 11.4 Å². The molecule has 0 aliphatic heterocycles. The molecule has 0 unspecified atom stereocenters. The van der Waals surface area contributed by atoms with Crippen LogP contribution in [0, 0.1) is 5.41 Å². The number of aliphatic hydroxyl groups excluding tert-OH is 1. The van der Waals surface area contributed by atoms with Crippen LogP contribution in [0.5, 0.6) is 0 Å². The summed E-state index contributed by atoms with van der Waals surface area (Å²) in [4.78, 5) is 0. The molecule has 0 bridgehead atoms. The molecule has 4 N–H and O–H groups in total.